The van der Waals surface area contributed by atoms with E-state index in [9.17, 15) is 0 Å². The first-order valence-corrected chi connectivity index (χ1v) is 10.9. The second-order valence-corrected chi connectivity index (χ2v) is 9.41. The van der Waals surface area contributed by atoms with Crippen LogP contribution in [-0.4, -0.2) is 65.0 Å². The fourth-order valence-corrected chi connectivity index (χ4v) is 5.06. The molecule has 29 heavy (non-hydrogen) atoms. The average molecular weight is 393 g/mol. The van der Waals surface area contributed by atoms with Gasteiger partial charge in [-0.25, -0.2) is 9.97 Å². The molecule has 2 fully saturated rings. The Kier molecular flexibility index (Phi) is 4.79. The summed E-state index contributed by atoms with van der Waals surface area (Å²) in [6.45, 7) is 7.09. The second kappa shape index (κ2) is 7.33. The van der Waals surface area contributed by atoms with Gasteiger partial charge in [0.25, 0.3) is 0 Å². The summed E-state index contributed by atoms with van der Waals surface area (Å²) in [6.07, 6.45) is 7.12. The first-order chi connectivity index (χ1) is 14.0. The number of hydrogen-bond acceptors (Lipinski definition) is 6. The van der Waals surface area contributed by atoms with Crippen molar-refractivity contribution in [2.24, 2.45) is 5.41 Å². The van der Waals surface area contributed by atoms with Crippen LogP contribution >= 0.6 is 0 Å². The Labute approximate surface area is 174 Å². The molecule has 5 rings (SSSR count). The van der Waals surface area contributed by atoms with Crippen molar-refractivity contribution in [1.29, 1.82) is 0 Å². The number of aromatic nitrogens is 3. The topological polar surface area (TPSA) is 48.4 Å². The number of rotatable bonds is 4. The monoisotopic (exact) mass is 392 g/mol. The third kappa shape index (κ3) is 3.88. The molecule has 6 nitrogen and oxygen atoms in total. The van der Waals surface area contributed by atoms with Gasteiger partial charge in [0.1, 0.15) is 11.6 Å². The molecule has 0 amide bonds. The van der Waals surface area contributed by atoms with Crippen molar-refractivity contribution in [3.05, 3.63) is 47.2 Å². The maximum Gasteiger partial charge on any atom is 0.132 e. The van der Waals surface area contributed by atoms with Gasteiger partial charge in [0.2, 0.25) is 0 Å². The van der Waals surface area contributed by atoms with Crippen LogP contribution in [0.4, 0.5) is 5.82 Å². The molecule has 1 saturated heterocycles. The first kappa shape index (κ1) is 18.9. The van der Waals surface area contributed by atoms with E-state index in [1.165, 1.54) is 36.9 Å². The minimum Gasteiger partial charge on any atom is -0.354 e. The number of nitrogens with zero attached hydrogens (tertiary/aromatic N) is 6. The number of fused-ring (bicyclic) bond motifs is 1. The van der Waals surface area contributed by atoms with Crippen molar-refractivity contribution in [2.75, 3.05) is 45.2 Å². The number of aryl methyl sites for hydroxylation is 1. The molecule has 154 valence electrons. The molecule has 6 heteroatoms. The molecule has 0 bridgehead atoms. The number of piperazine rings is 1. The maximum absolute atomic E-state index is 4.79. The van der Waals surface area contributed by atoms with Crippen molar-refractivity contribution >= 4 is 5.82 Å². The van der Waals surface area contributed by atoms with Crippen LogP contribution in [0.15, 0.2) is 24.4 Å². The quantitative estimate of drug-likeness (QED) is 0.797. The van der Waals surface area contributed by atoms with Crippen molar-refractivity contribution in [3.63, 3.8) is 0 Å². The van der Waals surface area contributed by atoms with E-state index in [2.05, 4.69) is 47.0 Å². The first-order valence-electron chi connectivity index (χ1n) is 10.9. The van der Waals surface area contributed by atoms with Gasteiger partial charge >= 0.3 is 0 Å². The molecule has 0 radical (unpaired) electrons. The van der Waals surface area contributed by atoms with Gasteiger partial charge in [-0.05, 0) is 63.7 Å². The van der Waals surface area contributed by atoms with Crippen molar-refractivity contribution in [2.45, 2.75) is 45.2 Å². The highest BCUT2D eigenvalue weighted by atomic mass is 15.3. The third-order valence-corrected chi connectivity index (χ3v) is 7.04. The lowest BCUT2D eigenvalue weighted by atomic mass is 9.80. The Bertz CT molecular complexity index is 885. The Morgan fingerprint density at radius 3 is 2.72 bits per heavy atom. The normalized spacial score (nSPS) is 23.4. The zero-order valence-electron chi connectivity index (χ0n) is 17.9. The van der Waals surface area contributed by atoms with E-state index < -0.39 is 0 Å². The molecule has 1 aliphatic heterocycles. The van der Waals surface area contributed by atoms with Gasteiger partial charge in [-0.3, -0.25) is 9.88 Å². The summed E-state index contributed by atoms with van der Waals surface area (Å²) in [5, 5.41) is 0. The fourth-order valence-electron chi connectivity index (χ4n) is 5.06. The van der Waals surface area contributed by atoms with Crippen LogP contribution in [0.3, 0.4) is 0 Å². The van der Waals surface area contributed by atoms with Gasteiger partial charge in [0, 0.05) is 45.0 Å². The Morgan fingerprint density at radius 2 is 1.97 bits per heavy atom. The highest BCUT2D eigenvalue weighted by Gasteiger charge is 2.48. The number of anilines is 1. The van der Waals surface area contributed by atoms with Crippen LogP contribution in [0.5, 0.6) is 0 Å². The average Bonchev–Trinajstić information content (AvgIpc) is 3.45. The van der Waals surface area contributed by atoms with Crippen LogP contribution in [-0.2, 0) is 13.0 Å². The van der Waals surface area contributed by atoms with E-state index in [4.69, 9.17) is 15.0 Å². The molecule has 0 N–H and O–H groups in total. The van der Waals surface area contributed by atoms with E-state index in [0.29, 0.717) is 11.5 Å². The molecule has 2 aromatic rings. The lowest BCUT2D eigenvalue weighted by molar-refractivity contribution is 0.172. The Balaban J connectivity index is 1.36. The van der Waals surface area contributed by atoms with E-state index >= 15 is 0 Å². The minimum atomic E-state index is 0.379. The summed E-state index contributed by atoms with van der Waals surface area (Å²) < 4.78 is 0. The van der Waals surface area contributed by atoms with E-state index in [-0.39, 0.29) is 0 Å². The van der Waals surface area contributed by atoms with Gasteiger partial charge in [-0.15, -0.1) is 0 Å². The second-order valence-electron chi connectivity index (χ2n) is 9.41. The minimum absolute atomic E-state index is 0.379. The van der Waals surface area contributed by atoms with Crippen LogP contribution < -0.4 is 4.90 Å². The van der Waals surface area contributed by atoms with Crippen molar-refractivity contribution in [3.8, 4) is 0 Å². The number of hydrogen-bond donors (Lipinski definition) is 0. The van der Waals surface area contributed by atoms with Crippen LogP contribution in [0.25, 0.3) is 0 Å². The zero-order chi connectivity index (χ0) is 20.0. The summed E-state index contributed by atoms with van der Waals surface area (Å²) in [7, 11) is 4.42. The third-order valence-electron chi connectivity index (χ3n) is 7.04. The zero-order valence-corrected chi connectivity index (χ0v) is 17.9. The Hall–Kier alpha value is -2.05. The molecule has 1 atom stereocenters. The predicted molar refractivity (Wildman–Crippen MR) is 115 cm³/mol. The van der Waals surface area contributed by atoms with Crippen molar-refractivity contribution in [1.82, 2.24) is 24.8 Å². The van der Waals surface area contributed by atoms with Crippen LogP contribution in [0, 0.1) is 12.3 Å². The molecule has 3 aliphatic rings. The lowest BCUT2D eigenvalue weighted by Gasteiger charge is -2.36. The Morgan fingerprint density at radius 1 is 1.17 bits per heavy atom. The van der Waals surface area contributed by atoms with E-state index in [0.717, 1.165) is 50.1 Å². The standard InChI is InChI=1S/C23H32N6/c1-17-25-19(13-21(26-17)29-11-9-27(2)10-12-29)16-28(3)20-15-23(6-7-23)14-18-5-4-8-24-22(18)20/h4-5,8,13,20H,6-7,9-12,14-16H2,1-3H3. The van der Waals surface area contributed by atoms with Gasteiger partial charge < -0.3 is 9.80 Å². The smallest absolute Gasteiger partial charge is 0.132 e. The van der Waals surface area contributed by atoms with Gasteiger partial charge in [0.15, 0.2) is 0 Å². The molecule has 2 aliphatic carbocycles. The predicted octanol–water partition coefficient (Wildman–Crippen LogP) is 2.83. The summed E-state index contributed by atoms with van der Waals surface area (Å²) in [5.41, 5.74) is 4.37. The number of pyridine rings is 1. The van der Waals surface area contributed by atoms with Gasteiger partial charge in [-0.2, -0.15) is 0 Å². The van der Waals surface area contributed by atoms with Crippen LogP contribution in [0.2, 0.25) is 0 Å². The molecule has 1 saturated carbocycles. The molecular formula is C23H32N6. The molecule has 2 aromatic heterocycles. The molecule has 1 spiro atoms. The molecular weight excluding hydrogens is 360 g/mol. The summed E-state index contributed by atoms with van der Waals surface area (Å²) in [6, 6.07) is 6.95. The fraction of sp³-hybridized carbons (Fsp3) is 0.609. The summed E-state index contributed by atoms with van der Waals surface area (Å²) in [5.74, 6) is 1.94. The summed E-state index contributed by atoms with van der Waals surface area (Å²) in [4.78, 5) is 21.5. The SMILES string of the molecule is Cc1nc(CN(C)C2CC3(CC3)Cc3cccnc32)cc(N2CCN(C)CC2)n1. The molecule has 3 heterocycles. The highest BCUT2D eigenvalue weighted by Crippen LogP contribution is 2.58. The largest absolute Gasteiger partial charge is 0.354 e. The lowest BCUT2D eigenvalue weighted by Crippen LogP contribution is -2.45. The number of likely N-dealkylation sites (N-methyl/N-ethyl adjacent to an activating group) is 1. The molecule has 0 aromatic carbocycles. The van der Waals surface area contributed by atoms with E-state index in [1.807, 2.05) is 13.1 Å². The maximum atomic E-state index is 4.79. The van der Waals surface area contributed by atoms with Crippen molar-refractivity contribution < 1.29 is 0 Å². The van der Waals surface area contributed by atoms with Gasteiger partial charge in [0.05, 0.1) is 17.4 Å². The van der Waals surface area contributed by atoms with Crippen LogP contribution in [0.1, 0.15) is 48.1 Å². The van der Waals surface area contributed by atoms with E-state index in [1.54, 1.807) is 0 Å². The van der Waals surface area contributed by atoms with Gasteiger partial charge in [-0.1, -0.05) is 6.07 Å². The summed E-state index contributed by atoms with van der Waals surface area (Å²) >= 11 is 0. The highest BCUT2D eigenvalue weighted by molar-refractivity contribution is 5.40. The molecule has 1 unspecified atom stereocenters.